The van der Waals surface area contributed by atoms with E-state index in [9.17, 15) is 4.79 Å². The van der Waals surface area contributed by atoms with Crippen LogP contribution < -0.4 is 10.1 Å². The van der Waals surface area contributed by atoms with Gasteiger partial charge in [0, 0.05) is 30.9 Å². The molecule has 5 nitrogen and oxygen atoms in total. The van der Waals surface area contributed by atoms with Crippen molar-refractivity contribution in [2.75, 3.05) is 13.2 Å². The Morgan fingerprint density at radius 1 is 1.30 bits per heavy atom. The van der Waals surface area contributed by atoms with Crippen molar-refractivity contribution in [3.8, 4) is 5.75 Å². The van der Waals surface area contributed by atoms with Crippen LogP contribution in [0.15, 0.2) is 36.4 Å². The second-order valence-electron chi connectivity index (χ2n) is 5.35. The first-order valence-corrected chi connectivity index (χ1v) is 7.72. The quantitative estimate of drug-likeness (QED) is 0.631. The summed E-state index contributed by atoms with van der Waals surface area (Å²) in [6.07, 6.45) is 4.13. The Labute approximate surface area is 137 Å². The number of aromatic nitrogens is 2. The molecule has 0 unspecified atom stereocenters. The molecule has 2 rings (SSSR count). The van der Waals surface area contributed by atoms with Crippen LogP contribution in [-0.4, -0.2) is 28.8 Å². The molecule has 1 amide bonds. The van der Waals surface area contributed by atoms with Crippen molar-refractivity contribution in [2.24, 2.45) is 7.05 Å². The molecule has 1 N–H and O–H groups in total. The minimum absolute atomic E-state index is 0.104. The zero-order chi connectivity index (χ0) is 16.7. The normalized spacial score (nSPS) is 10.9. The van der Waals surface area contributed by atoms with Crippen molar-refractivity contribution in [1.29, 1.82) is 0 Å². The van der Waals surface area contributed by atoms with Gasteiger partial charge >= 0.3 is 0 Å². The Kier molecular flexibility index (Phi) is 5.97. The lowest BCUT2D eigenvalue weighted by atomic mass is 10.2. The number of nitrogens with zero attached hydrogens (tertiary/aromatic N) is 2. The fourth-order valence-corrected chi connectivity index (χ4v) is 2.24. The summed E-state index contributed by atoms with van der Waals surface area (Å²) in [6, 6.07) is 9.65. The first kappa shape index (κ1) is 16.8. The van der Waals surface area contributed by atoms with Crippen LogP contribution in [0, 0.1) is 13.8 Å². The third-order valence-electron chi connectivity index (χ3n) is 3.60. The number of amides is 1. The molecule has 0 radical (unpaired) electrons. The van der Waals surface area contributed by atoms with Crippen LogP contribution in [0.5, 0.6) is 5.75 Å². The van der Waals surface area contributed by atoms with E-state index in [1.807, 2.05) is 62.0 Å². The van der Waals surface area contributed by atoms with Crippen LogP contribution in [0.1, 0.15) is 23.4 Å². The Hall–Kier alpha value is -2.56. The number of ether oxygens (including phenoxy) is 1. The number of nitrogens with one attached hydrogen (secondary N) is 1. The number of carbonyl (C=O) groups is 1. The summed E-state index contributed by atoms with van der Waals surface area (Å²) in [7, 11) is 1.90. The number of carbonyl (C=O) groups excluding carboxylic acids is 1. The van der Waals surface area contributed by atoms with Crippen LogP contribution in [-0.2, 0) is 11.8 Å². The summed E-state index contributed by atoms with van der Waals surface area (Å²) in [5, 5.41) is 7.17. The first-order valence-electron chi connectivity index (χ1n) is 7.72. The van der Waals surface area contributed by atoms with Crippen molar-refractivity contribution in [3.05, 3.63) is 53.4 Å². The Morgan fingerprint density at radius 3 is 2.70 bits per heavy atom. The van der Waals surface area contributed by atoms with Crippen LogP contribution in [0.25, 0.3) is 6.08 Å². The maximum atomic E-state index is 11.8. The monoisotopic (exact) mass is 313 g/mol. The van der Waals surface area contributed by atoms with Crippen LogP contribution in [0.4, 0.5) is 0 Å². The fourth-order valence-electron chi connectivity index (χ4n) is 2.24. The standard InChI is InChI=1S/C18H23N3O2/c1-14-17(15(2)21(3)20-14)10-11-18(22)19-12-7-13-23-16-8-5-4-6-9-16/h4-6,8-11H,7,12-13H2,1-3H3,(H,19,22)/b11-10+. The second kappa shape index (κ2) is 8.17. The van der Waals surface area contributed by atoms with Gasteiger partial charge in [-0.3, -0.25) is 9.48 Å². The van der Waals surface area contributed by atoms with E-state index >= 15 is 0 Å². The van der Waals surface area contributed by atoms with Gasteiger partial charge in [0.25, 0.3) is 0 Å². The van der Waals surface area contributed by atoms with Crippen molar-refractivity contribution >= 4 is 12.0 Å². The fraction of sp³-hybridized carbons (Fsp3) is 0.333. The van der Waals surface area contributed by atoms with Crippen molar-refractivity contribution in [2.45, 2.75) is 20.3 Å². The van der Waals surface area contributed by atoms with E-state index in [-0.39, 0.29) is 5.91 Å². The summed E-state index contributed by atoms with van der Waals surface area (Å²) < 4.78 is 7.38. The largest absolute Gasteiger partial charge is 0.494 e. The van der Waals surface area contributed by atoms with Crippen molar-refractivity contribution in [1.82, 2.24) is 15.1 Å². The number of rotatable bonds is 7. The lowest BCUT2D eigenvalue weighted by molar-refractivity contribution is -0.116. The average molecular weight is 313 g/mol. The van der Waals surface area contributed by atoms with E-state index in [0.29, 0.717) is 13.2 Å². The number of aryl methyl sites for hydroxylation is 2. The molecule has 0 atom stereocenters. The maximum Gasteiger partial charge on any atom is 0.244 e. The molecule has 5 heteroatoms. The average Bonchev–Trinajstić information content (AvgIpc) is 2.79. The Balaban J connectivity index is 1.70. The molecule has 0 bridgehead atoms. The van der Waals surface area contributed by atoms with Gasteiger partial charge < -0.3 is 10.1 Å². The Bertz CT molecular complexity index is 675. The molecule has 0 aliphatic carbocycles. The Morgan fingerprint density at radius 2 is 2.04 bits per heavy atom. The van der Waals surface area contributed by atoms with Crippen molar-refractivity contribution in [3.63, 3.8) is 0 Å². The smallest absolute Gasteiger partial charge is 0.244 e. The van der Waals surface area contributed by atoms with Gasteiger partial charge in [-0.25, -0.2) is 0 Å². The molecule has 0 aliphatic heterocycles. The molecular weight excluding hydrogens is 290 g/mol. The molecule has 0 saturated heterocycles. The van der Waals surface area contributed by atoms with E-state index in [0.717, 1.165) is 29.1 Å². The molecule has 0 saturated carbocycles. The van der Waals surface area contributed by atoms with E-state index in [2.05, 4.69) is 10.4 Å². The molecule has 23 heavy (non-hydrogen) atoms. The summed E-state index contributed by atoms with van der Waals surface area (Å²) in [4.78, 5) is 11.8. The van der Waals surface area contributed by atoms with E-state index in [1.54, 1.807) is 6.08 Å². The number of hydrogen-bond acceptors (Lipinski definition) is 3. The van der Waals surface area contributed by atoms with Crippen LogP contribution in [0.3, 0.4) is 0 Å². The van der Waals surface area contributed by atoms with Crippen molar-refractivity contribution < 1.29 is 9.53 Å². The third kappa shape index (κ3) is 4.98. The highest BCUT2D eigenvalue weighted by atomic mass is 16.5. The number of para-hydroxylation sites is 1. The molecule has 0 spiro atoms. The summed E-state index contributed by atoms with van der Waals surface area (Å²) in [5.41, 5.74) is 2.96. The zero-order valence-electron chi connectivity index (χ0n) is 13.9. The van der Waals surface area contributed by atoms with Gasteiger partial charge in [0.1, 0.15) is 5.75 Å². The molecule has 1 aromatic carbocycles. The predicted octanol–water partition coefficient (Wildman–Crippen LogP) is 2.64. The van der Waals surface area contributed by atoms with Gasteiger partial charge in [0.05, 0.1) is 12.3 Å². The van der Waals surface area contributed by atoms with Gasteiger partial charge in [-0.15, -0.1) is 0 Å². The third-order valence-corrected chi connectivity index (χ3v) is 3.60. The maximum absolute atomic E-state index is 11.8. The molecule has 0 fully saturated rings. The van der Waals surface area contributed by atoms with E-state index in [4.69, 9.17) is 4.74 Å². The van der Waals surface area contributed by atoms with Gasteiger partial charge in [-0.1, -0.05) is 18.2 Å². The molecule has 0 aliphatic rings. The molecule has 1 heterocycles. The van der Waals surface area contributed by atoms with Gasteiger partial charge in [0.2, 0.25) is 5.91 Å². The van der Waals surface area contributed by atoms with E-state index in [1.165, 1.54) is 0 Å². The summed E-state index contributed by atoms with van der Waals surface area (Å²) in [6.45, 7) is 5.08. The topological polar surface area (TPSA) is 56.2 Å². The highest BCUT2D eigenvalue weighted by Crippen LogP contribution is 2.13. The SMILES string of the molecule is Cc1nn(C)c(C)c1/C=C/C(=O)NCCCOc1ccccc1. The highest BCUT2D eigenvalue weighted by Gasteiger charge is 2.06. The lowest BCUT2D eigenvalue weighted by Gasteiger charge is -2.06. The van der Waals surface area contributed by atoms with Gasteiger partial charge in [-0.2, -0.15) is 5.10 Å². The van der Waals surface area contributed by atoms with E-state index < -0.39 is 0 Å². The molecule has 1 aromatic heterocycles. The highest BCUT2D eigenvalue weighted by molar-refractivity contribution is 5.91. The summed E-state index contributed by atoms with van der Waals surface area (Å²) >= 11 is 0. The molecule has 2 aromatic rings. The van der Waals surface area contributed by atoms with Crippen LogP contribution in [0.2, 0.25) is 0 Å². The lowest BCUT2D eigenvalue weighted by Crippen LogP contribution is -2.23. The predicted molar refractivity (Wildman–Crippen MR) is 91.3 cm³/mol. The molecular formula is C18H23N3O2. The van der Waals surface area contributed by atoms with Crippen LogP contribution >= 0.6 is 0 Å². The van der Waals surface area contributed by atoms with Gasteiger partial charge in [0.15, 0.2) is 0 Å². The zero-order valence-corrected chi connectivity index (χ0v) is 13.9. The first-order chi connectivity index (χ1) is 11.1. The summed E-state index contributed by atoms with van der Waals surface area (Å²) in [5.74, 6) is 0.744. The minimum Gasteiger partial charge on any atom is -0.494 e. The second-order valence-corrected chi connectivity index (χ2v) is 5.35. The van der Waals surface area contributed by atoms with Gasteiger partial charge in [-0.05, 0) is 38.5 Å². The number of benzene rings is 1. The molecule has 122 valence electrons. The number of hydrogen-bond donors (Lipinski definition) is 1. The minimum atomic E-state index is -0.104.